The lowest BCUT2D eigenvalue weighted by atomic mass is 10.1. The van der Waals surface area contributed by atoms with E-state index >= 15 is 0 Å². The van der Waals surface area contributed by atoms with Crippen molar-refractivity contribution < 1.29 is 9.59 Å². The quantitative estimate of drug-likeness (QED) is 0.459. The number of anilines is 1. The molecule has 4 rings (SSSR count). The Hall–Kier alpha value is -3.95. The average Bonchev–Trinajstić information content (AvgIpc) is 3.47. The van der Waals surface area contributed by atoms with Crippen LogP contribution < -0.4 is 20.9 Å². The summed E-state index contributed by atoms with van der Waals surface area (Å²) in [5, 5.41) is 14.5. The van der Waals surface area contributed by atoms with E-state index in [4.69, 9.17) is 0 Å². The van der Waals surface area contributed by atoms with E-state index in [1.807, 2.05) is 56.4 Å². The summed E-state index contributed by atoms with van der Waals surface area (Å²) in [6, 6.07) is 9.88. The zero-order chi connectivity index (χ0) is 26.7. The first-order valence-corrected chi connectivity index (χ1v) is 12.8. The second-order valence-corrected chi connectivity index (χ2v) is 9.68. The lowest BCUT2D eigenvalue weighted by molar-refractivity contribution is -0.120. The fourth-order valence-corrected chi connectivity index (χ4v) is 4.66. The smallest absolute Gasteiger partial charge is 0.330 e. The lowest BCUT2D eigenvalue weighted by Crippen LogP contribution is -2.49. The zero-order valence-electron chi connectivity index (χ0n) is 22.5. The monoisotopic (exact) mass is 506 g/mol. The molecule has 0 saturated carbocycles. The van der Waals surface area contributed by atoms with E-state index in [2.05, 4.69) is 41.5 Å². The van der Waals surface area contributed by atoms with Gasteiger partial charge in [-0.2, -0.15) is 5.10 Å². The van der Waals surface area contributed by atoms with Gasteiger partial charge in [0.25, 0.3) is 0 Å². The Kier molecular flexibility index (Phi) is 7.75. The van der Waals surface area contributed by atoms with E-state index in [0.717, 1.165) is 47.0 Å². The van der Waals surface area contributed by atoms with Crippen molar-refractivity contribution in [2.75, 3.05) is 32.1 Å². The third kappa shape index (κ3) is 5.42. The van der Waals surface area contributed by atoms with Crippen molar-refractivity contribution in [1.82, 2.24) is 35.5 Å². The highest BCUT2D eigenvalue weighted by atomic mass is 16.2. The van der Waals surface area contributed by atoms with Gasteiger partial charge < -0.3 is 20.9 Å². The second-order valence-electron chi connectivity index (χ2n) is 9.68. The lowest BCUT2D eigenvalue weighted by Gasteiger charge is -2.36. The van der Waals surface area contributed by atoms with Crippen molar-refractivity contribution in [3.63, 3.8) is 0 Å². The number of rotatable bonds is 10. The minimum Gasteiger partial charge on any atom is -0.378 e. The van der Waals surface area contributed by atoms with Crippen LogP contribution in [0.25, 0.3) is 0 Å². The highest BCUT2D eigenvalue weighted by molar-refractivity contribution is 5.82. The zero-order valence-corrected chi connectivity index (χ0v) is 22.5. The Morgan fingerprint density at radius 1 is 1.11 bits per heavy atom. The topological polar surface area (TPSA) is 97.8 Å². The molecule has 1 atom stereocenters. The minimum absolute atomic E-state index is 0.0489. The minimum atomic E-state index is -0.271. The highest BCUT2D eigenvalue weighted by Gasteiger charge is 2.40. The molecule has 198 valence electrons. The van der Waals surface area contributed by atoms with Crippen LogP contribution in [-0.2, 0) is 24.8 Å². The van der Waals surface area contributed by atoms with E-state index < -0.39 is 0 Å². The third-order valence-corrected chi connectivity index (χ3v) is 6.59. The number of nitrogens with zero attached hydrogens (tertiary/aromatic N) is 5. The molecule has 10 heteroatoms. The number of aryl methyl sites for hydroxylation is 1. The number of nitrogens with one attached hydrogen (secondary N) is 3. The first-order chi connectivity index (χ1) is 17.7. The molecule has 3 amide bonds. The number of carbonyl (C=O) groups excluding carboxylic acids is 2. The summed E-state index contributed by atoms with van der Waals surface area (Å²) in [6.45, 7) is 9.88. The van der Waals surface area contributed by atoms with Crippen molar-refractivity contribution in [3.05, 3.63) is 71.1 Å². The van der Waals surface area contributed by atoms with Crippen LogP contribution in [-0.4, -0.2) is 58.7 Å². The Morgan fingerprint density at radius 2 is 1.78 bits per heavy atom. The molecule has 0 bridgehead atoms. The normalized spacial score (nSPS) is 17.1. The highest BCUT2D eigenvalue weighted by Crippen LogP contribution is 2.33. The van der Waals surface area contributed by atoms with E-state index in [-0.39, 0.29) is 18.1 Å². The number of benzene rings is 1. The standard InChI is InChI=1S/C27H38N8O2/c1-7-13-34-18(3)24-26(35(14-8-2)27(34)37)30-25(29-24)22-16-20(31-33(22)6)17-28-23(36)15-19-9-11-21(12-10-19)32(4)5/h9-12,16,25,29-30H,3,7-8,13-15,17H2,1-2,4-6H3,(H,28,36). The van der Waals surface area contributed by atoms with Gasteiger partial charge in [-0.1, -0.05) is 32.6 Å². The summed E-state index contributed by atoms with van der Waals surface area (Å²) >= 11 is 0. The Balaban J connectivity index is 1.40. The van der Waals surface area contributed by atoms with Crippen LogP contribution in [0.15, 0.2) is 54.1 Å². The number of urea groups is 1. The summed E-state index contributed by atoms with van der Waals surface area (Å²) < 4.78 is 1.79. The van der Waals surface area contributed by atoms with Crippen molar-refractivity contribution in [1.29, 1.82) is 0 Å². The first kappa shape index (κ1) is 26.1. The van der Waals surface area contributed by atoms with E-state index in [0.29, 0.717) is 31.8 Å². The number of amides is 3. The van der Waals surface area contributed by atoms with Gasteiger partial charge in [0.1, 0.15) is 17.7 Å². The molecular weight excluding hydrogens is 468 g/mol. The van der Waals surface area contributed by atoms with Crippen LogP contribution in [0.3, 0.4) is 0 Å². The maximum Gasteiger partial charge on any atom is 0.330 e. The number of hydrogen-bond donors (Lipinski definition) is 3. The van der Waals surface area contributed by atoms with Crippen LogP contribution in [0, 0.1) is 0 Å². The van der Waals surface area contributed by atoms with Gasteiger partial charge in [-0.25, -0.2) is 4.79 Å². The van der Waals surface area contributed by atoms with Gasteiger partial charge in [0.05, 0.1) is 30.1 Å². The van der Waals surface area contributed by atoms with Gasteiger partial charge in [-0.05, 0) is 36.6 Å². The fraction of sp³-hybridized carbons (Fsp3) is 0.444. The van der Waals surface area contributed by atoms with Gasteiger partial charge in [-0.15, -0.1) is 0 Å². The maximum absolute atomic E-state index is 13.1. The molecule has 37 heavy (non-hydrogen) atoms. The van der Waals surface area contributed by atoms with Crippen LogP contribution in [0.2, 0.25) is 0 Å². The third-order valence-electron chi connectivity index (χ3n) is 6.59. The molecule has 1 aromatic carbocycles. The number of carbonyl (C=O) groups is 2. The maximum atomic E-state index is 13.1. The molecule has 1 aromatic heterocycles. The molecule has 0 spiro atoms. The van der Waals surface area contributed by atoms with E-state index in [1.54, 1.807) is 14.5 Å². The molecule has 0 radical (unpaired) electrons. The summed E-state index contributed by atoms with van der Waals surface area (Å²) in [6.07, 6.45) is 1.74. The van der Waals surface area contributed by atoms with Crippen molar-refractivity contribution in [3.8, 4) is 0 Å². The molecule has 3 N–H and O–H groups in total. The number of hydrogen-bond acceptors (Lipinski definition) is 6. The molecule has 3 heterocycles. The summed E-state index contributed by atoms with van der Waals surface area (Å²) in [7, 11) is 5.85. The molecule has 2 aromatic rings. The Bertz CT molecular complexity index is 1200. The summed E-state index contributed by atoms with van der Waals surface area (Å²) in [5.74, 6) is 0.700. The Labute approximate surface area is 219 Å². The van der Waals surface area contributed by atoms with Crippen molar-refractivity contribution in [2.24, 2.45) is 7.05 Å². The molecular formula is C27H38N8O2. The van der Waals surface area contributed by atoms with Crippen molar-refractivity contribution in [2.45, 2.75) is 45.8 Å². The molecule has 10 nitrogen and oxygen atoms in total. The summed E-state index contributed by atoms with van der Waals surface area (Å²) in [4.78, 5) is 31.2. The van der Waals surface area contributed by atoms with Gasteiger partial charge in [-0.3, -0.25) is 19.3 Å². The van der Waals surface area contributed by atoms with Crippen LogP contribution >= 0.6 is 0 Å². The van der Waals surface area contributed by atoms with Gasteiger partial charge >= 0.3 is 6.03 Å². The van der Waals surface area contributed by atoms with E-state index in [1.165, 1.54) is 0 Å². The van der Waals surface area contributed by atoms with Gasteiger partial charge in [0.15, 0.2) is 0 Å². The van der Waals surface area contributed by atoms with Crippen molar-refractivity contribution >= 4 is 17.6 Å². The predicted octanol–water partition coefficient (Wildman–Crippen LogP) is 2.78. The molecule has 0 saturated heterocycles. The molecule has 0 aliphatic carbocycles. The fourth-order valence-electron chi connectivity index (χ4n) is 4.66. The molecule has 2 aliphatic heterocycles. The average molecular weight is 507 g/mol. The van der Waals surface area contributed by atoms with Gasteiger partial charge in [0.2, 0.25) is 5.91 Å². The second kappa shape index (κ2) is 11.0. The predicted molar refractivity (Wildman–Crippen MR) is 144 cm³/mol. The first-order valence-electron chi connectivity index (χ1n) is 12.8. The van der Waals surface area contributed by atoms with Gasteiger partial charge in [0, 0.05) is 39.9 Å². The molecule has 0 fully saturated rings. The summed E-state index contributed by atoms with van der Waals surface area (Å²) in [5.41, 5.74) is 5.23. The van der Waals surface area contributed by atoms with E-state index in [9.17, 15) is 9.59 Å². The Morgan fingerprint density at radius 3 is 2.43 bits per heavy atom. The van der Waals surface area contributed by atoms with Crippen LogP contribution in [0.5, 0.6) is 0 Å². The molecule has 1 unspecified atom stereocenters. The van der Waals surface area contributed by atoms with Crippen LogP contribution in [0.4, 0.5) is 10.5 Å². The SMILES string of the molecule is C=C1C2=C(NC(c3cc(CNC(=O)Cc4ccc(N(C)C)cc4)nn3C)N2)N(CCC)C(=O)N1CCC. The number of aromatic nitrogens is 2. The van der Waals surface area contributed by atoms with Crippen LogP contribution in [0.1, 0.15) is 49.8 Å². The molecule has 2 aliphatic rings. The largest absolute Gasteiger partial charge is 0.378 e.